The van der Waals surface area contributed by atoms with Gasteiger partial charge in [0.2, 0.25) is 0 Å². The summed E-state index contributed by atoms with van der Waals surface area (Å²) in [6.07, 6.45) is 1.97. The fraction of sp³-hybridized carbons (Fsp3) is 0.500. The molecule has 0 amide bonds. The summed E-state index contributed by atoms with van der Waals surface area (Å²) < 4.78 is 13.6. The van der Waals surface area contributed by atoms with E-state index in [2.05, 4.69) is 6.92 Å². The summed E-state index contributed by atoms with van der Waals surface area (Å²) in [6, 6.07) is 4.88. The largest absolute Gasteiger partial charge is 0.398 e. The van der Waals surface area contributed by atoms with Gasteiger partial charge >= 0.3 is 0 Å². The van der Waals surface area contributed by atoms with Crippen molar-refractivity contribution in [2.24, 2.45) is 0 Å². The number of nitrogen functional groups attached to an aromatic ring is 1. The Hall–Kier alpha value is -1.05. The van der Waals surface area contributed by atoms with Crippen molar-refractivity contribution in [3.63, 3.8) is 0 Å². The lowest BCUT2D eigenvalue weighted by Crippen LogP contribution is -2.20. The summed E-state index contributed by atoms with van der Waals surface area (Å²) in [6.45, 7) is 6.16. The van der Waals surface area contributed by atoms with Crippen molar-refractivity contribution < 1.29 is 4.39 Å². The molecule has 0 saturated heterocycles. The van der Waals surface area contributed by atoms with Gasteiger partial charge in [0.1, 0.15) is 5.82 Å². The predicted octanol–water partition coefficient (Wildman–Crippen LogP) is 3.49. The Morgan fingerprint density at radius 1 is 1.36 bits per heavy atom. The van der Waals surface area contributed by atoms with Crippen molar-refractivity contribution in [3.05, 3.63) is 29.6 Å². The van der Waals surface area contributed by atoms with Crippen LogP contribution in [0, 0.1) is 5.82 Å². The van der Waals surface area contributed by atoms with Gasteiger partial charge in [-0.3, -0.25) is 0 Å². The van der Waals surface area contributed by atoms with Crippen molar-refractivity contribution >= 4 is 5.69 Å². The van der Waals surface area contributed by atoms with Crippen LogP contribution in [-0.2, 0) is 5.41 Å². The minimum Gasteiger partial charge on any atom is -0.398 e. The topological polar surface area (TPSA) is 26.0 Å². The van der Waals surface area contributed by atoms with E-state index in [9.17, 15) is 4.39 Å². The van der Waals surface area contributed by atoms with E-state index in [4.69, 9.17) is 5.73 Å². The van der Waals surface area contributed by atoms with Crippen LogP contribution >= 0.6 is 0 Å². The van der Waals surface area contributed by atoms with Gasteiger partial charge in [-0.15, -0.1) is 0 Å². The molecule has 14 heavy (non-hydrogen) atoms. The van der Waals surface area contributed by atoms with Gasteiger partial charge in [0.05, 0.1) is 0 Å². The highest BCUT2D eigenvalue weighted by atomic mass is 19.1. The lowest BCUT2D eigenvalue weighted by molar-refractivity contribution is 0.447. The molecule has 78 valence electrons. The number of hydrogen-bond donors (Lipinski definition) is 1. The molecule has 0 aliphatic heterocycles. The van der Waals surface area contributed by atoms with E-state index in [1.165, 1.54) is 6.07 Å². The third-order valence-corrected chi connectivity index (χ3v) is 2.60. The third-order valence-electron chi connectivity index (χ3n) is 2.60. The molecular formula is C12H18FN. The van der Waals surface area contributed by atoms with E-state index in [-0.39, 0.29) is 11.2 Å². The first-order valence-electron chi connectivity index (χ1n) is 5.03. The summed E-state index contributed by atoms with van der Waals surface area (Å²) in [7, 11) is 0. The predicted molar refractivity (Wildman–Crippen MR) is 58.7 cm³/mol. The van der Waals surface area contributed by atoms with E-state index in [1.54, 1.807) is 12.1 Å². The minimum absolute atomic E-state index is 0.176. The van der Waals surface area contributed by atoms with Gasteiger partial charge in [-0.2, -0.15) is 0 Å². The van der Waals surface area contributed by atoms with E-state index in [1.807, 2.05) is 13.8 Å². The second-order valence-corrected chi connectivity index (χ2v) is 4.34. The van der Waals surface area contributed by atoms with Gasteiger partial charge in [0.25, 0.3) is 0 Å². The first-order valence-corrected chi connectivity index (χ1v) is 5.03. The Labute approximate surface area is 85.1 Å². The number of halogens is 1. The Balaban J connectivity index is 3.17. The maximum Gasteiger partial charge on any atom is 0.128 e. The second kappa shape index (κ2) is 3.99. The maximum atomic E-state index is 13.6. The second-order valence-electron chi connectivity index (χ2n) is 4.34. The molecule has 0 spiro atoms. The Morgan fingerprint density at radius 3 is 2.50 bits per heavy atom. The van der Waals surface area contributed by atoms with E-state index in [0.29, 0.717) is 11.3 Å². The molecule has 0 unspecified atom stereocenters. The molecule has 1 aromatic rings. The van der Waals surface area contributed by atoms with Crippen molar-refractivity contribution in [2.45, 2.75) is 39.0 Å². The van der Waals surface area contributed by atoms with Gasteiger partial charge in [0, 0.05) is 11.3 Å². The van der Waals surface area contributed by atoms with Gasteiger partial charge in [-0.05, 0) is 24.0 Å². The summed E-state index contributed by atoms with van der Waals surface area (Å²) in [4.78, 5) is 0. The smallest absolute Gasteiger partial charge is 0.128 e. The molecule has 0 radical (unpaired) electrons. The van der Waals surface area contributed by atoms with E-state index >= 15 is 0 Å². The van der Waals surface area contributed by atoms with Crippen LogP contribution in [-0.4, -0.2) is 0 Å². The lowest BCUT2D eigenvalue weighted by Gasteiger charge is -2.26. The van der Waals surface area contributed by atoms with Crippen LogP contribution < -0.4 is 5.73 Å². The molecule has 2 N–H and O–H groups in total. The zero-order valence-electron chi connectivity index (χ0n) is 9.10. The summed E-state index contributed by atoms with van der Waals surface area (Å²) in [5.41, 5.74) is 6.83. The highest BCUT2D eigenvalue weighted by molar-refractivity contribution is 5.51. The Bertz CT molecular complexity index is 298. The van der Waals surface area contributed by atoms with Gasteiger partial charge in [-0.1, -0.05) is 33.3 Å². The van der Waals surface area contributed by atoms with Crippen LogP contribution in [0.25, 0.3) is 0 Å². The van der Waals surface area contributed by atoms with Gasteiger partial charge < -0.3 is 5.73 Å². The summed E-state index contributed by atoms with van der Waals surface area (Å²) in [5.74, 6) is -0.191. The average molecular weight is 195 g/mol. The van der Waals surface area contributed by atoms with Gasteiger partial charge in [-0.25, -0.2) is 4.39 Å². The number of rotatable bonds is 3. The molecule has 0 atom stereocenters. The molecule has 1 aromatic carbocycles. The molecule has 2 heteroatoms. The number of hydrogen-bond acceptors (Lipinski definition) is 1. The quantitative estimate of drug-likeness (QED) is 0.734. The minimum atomic E-state index is -0.191. The molecule has 0 saturated carbocycles. The van der Waals surface area contributed by atoms with Crippen molar-refractivity contribution in [2.75, 3.05) is 5.73 Å². The van der Waals surface area contributed by atoms with Crippen LogP contribution in [0.3, 0.4) is 0 Å². The molecular weight excluding hydrogens is 177 g/mol. The zero-order chi connectivity index (χ0) is 10.8. The van der Waals surface area contributed by atoms with E-state index in [0.717, 1.165) is 12.8 Å². The highest BCUT2D eigenvalue weighted by Crippen LogP contribution is 2.34. The van der Waals surface area contributed by atoms with Crippen LogP contribution in [0.4, 0.5) is 10.1 Å². The lowest BCUT2D eigenvalue weighted by atomic mass is 9.79. The van der Waals surface area contributed by atoms with Crippen LogP contribution in [0.5, 0.6) is 0 Å². The zero-order valence-corrected chi connectivity index (χ0v) is 9.10. The molecule has 0 aromatic heterocycles. The molecule has 0 aliphatic carbocycles. The molecule has 0 heterocycles. The van der Waals surface area contributed by atoms with Crippen LogP contribution in [0.15, 0.2) is 18.2 Å². The number of nitrogens with two attached hydrogens (primary N) is 1. The normalized spacial score (nSPS) is 11.7. The first kappa shape index (κ1) is 11.0. The average Bonchev–Trinajstić information content (AvgIpc) is 2.02. The fourth-order valence-electron chi connectivity index (χ4n) is 2.00. The van der Waals surface area contributed by atoms with Crippen molar-refractivity contribution in [1.82, 2.24) is 0 Å². The number of benzene rings is 1. The van der Waals surface area contributed by atoms with Crippen molar-refractivity contribution in [1.29, 1.82) is 0 Å². The van der Waals surface area contributed by atoms with Crippen molar-refractivity contribution in [3.8, 4) is 0 Å². The fourth-order valence-corrected chi connectivity index (χ4v) is 2.00. The number of anilines is 1. The summed E-state index contributed by atoms with van der Waals surface area (Å²) >= 11 is 0. The maximum absolute atomic E-state index is 13.6. The molecule has 0 bridgehead atoms. The molecule has 0 aliphatic rings. The summed E-state index contributed by atoms with van der Waals surface area (Å²) in [5, 5.41) is 0. The Kier molecular flexibility index (Phi) is 3.14. The molecule has 0 fully saturated rings. The van der Waals surface area contributed by atoms with Crippen LogP contribution in [0.1, 0.15) is 39.2 Å². The third kappa shape index (κ3) is 2.06. The standard InChI is InChI=1S/C12H18FN/c1-4-8-12(2,3)11-9(13)6-5-7-10(11)14/h5-7H,4,8,14H2,1-3H3. The monoisotopic (exact) mass is 195 g/mol. The first-order chi connectivity index (χ1) is 6.49. The van der Waals surface area contributed by atoms with Crippen LogP contribution in [0.2, 0.25) is 0 Å². The Morgan fingerprint density at radius 2 is 2.00 bits per heavy atom. The van der Waals surface area contributed by atoms with Gasteiger partial charge in [0.15, 0.2) is 0 Å². The highest BCUT2D eigenvalue weighted by Gasteiger charge is 2.25. The SMILES string of the molecule is CCCC(C)(C)c1c(N)cccc1F. The molecule has 1 rings (SSSR count). The van der Waals surface area contributed by atoms with E-state index < -0.39 is 0 Å². The molecule has 1 nitrogen and oxygen atoms in total.